The van der Waals surface area contributed by atoms with E-state index in [1.165, 1.54) is 12.1 Å². The van der Waals surface area contributed by atoms with Crippen molar-refractivity contribution >= 4 is 70.0 Å². The van der Waals surface area contributed by atoms with Gasteiger partial charge in [0.15, 0.2) is 5.69 Å². The number of aliphatic carboxylic acids is 1. The Morgan fingerprint density at radius 1 is 1.15 bits per heavy atom. The summed E-state index contributed by atoms with van der Waals surface area (Å²) >= 11 is 14.6. The zero-order valence-electron chi connectivity index (χ0n) is 27.4. The summed E-state index contributed by atoms with van der Waals surface area (Å²) in [6.45, 7) is 2.79. The normalized spacial score (nSPS) is 11.2. The van der Waals surface area contributed by atoms with E-state index in [0.29, 0.717) is 10.4 Å². The number of aromatic nitrogens is 2. The minimum atomic E-state index is -4.69. The molecule has 6 N–H and O–H groups in total. The van der Waals surface area contributed by atoms with E-state index in [2.05, 4.69) is 26.3 Å². The number of benzene rings is 3. The molecule has 0 bridgehead atoms. The molecule has 4 aromatic rings. The Bertz CT molecular complexity index is 2000. The molecule has 0 saturated carbocycles. The summed E-state index contributed by atoms with van der Waals surface area (Å²) in [5.74, 6) is -2.02. The van der Waals surface area contributed by atoms with E-state index in [0.717, 1.165) is 19.2 Å². The third kappa shape index (κ3) is 13.6. The Morgan fingerprint density at radius 3 is 2.25 bits per heavy atom. The van der Waals surface area contributed by atoms with Gasteiger partial charge in [0.25, 0.3) is 5.69 Å². The van der Waals surface area contributed by atoms with Crippen molar-refractivity contribution < 1.29 is 61.0 Å². The number of hydrogen-bond acceptors (Lipinski definition) is 10. The van der Waals surface area contributed by atoms with Crippen LogP contribution in [0.3, 0.4) is 0 Å². The van der Waals surface area contributed by atoms with Gasteiger partial charge in [-0.15, -0.1) is 0 Å². The van der Waals surface area contributed by atoms with Gasteiger partial charge in [0.1, 0.15) is 33.7 Å². The topological polar surface area (TPSA) is 229 Å². The number of nitrogen functional groups attached to an aromatic ring is 1. The number of carbonyl (C=O) groups excluding carboxylic acids is 1. The third-order valence-electron chi connectivity index (χ3n) is 6.02. The van der Waals surface area contributed by atoms with Gasteiger partial charge >= 0.3 is 25.7 Å². The molecule has 3 aromatic carbocycles. The van der Waals surface area contributed by atoms with E-state index >= 15 is 0 Å². The molecule has 15 nitrogen and oxygen atoms in total. The average molecular weight is 877 g/mol. The van der Waals surface area contributed by atoms with Crippen molar-refractivity contribution in [2.24, 2.45) is 7.05 Å². The van der Waals surface area contributed by atoms with Crippen molar-refractivity contribution in [3.8, 4) is 22.8 Å². The quantitative estimate of drug-likeness (QED) is 0.0258. The number of nitro groups is 1. The number of carbonyl (C=O) groups is 2. The van der Waals surface area contributed by atoms with Gasteiger partial charge in [-0.25, -0.2) is 9.18 Å². The average Bonchev–Trinajstić information content (AvgIpc) is 3.33. The maximum Gasteiger partial charge on any atom is 0.434 e. The molecule has 53 heavy (non-hydrogen) atoms. The lowest BCUT2D eigenvalue weighted by Gasteiger charge is -2.11. The second-order valence-corrected chi connectivity index (χ2v) is 13.7. The highest BCUT2D eigenvalue weighted by Crippen LogP contribution is 2.41. The predicted molar refractivity (Wildman–Crippen MR) is 188 cm³/mol. The molecule has 0 unspecified atom stereocenters. The number of para-hydroxylation sites is 1. The van der Waals surface area contributed by atoms with Crippen LogP contribution in [0, 0.1) is 15.9 Å². The van der Waals surface area contributed by atoms with E-state index in [1.807, 2.05) is 6.07 Å². The first-order chi connectivity index (χ1) is 24.4. The summed E-state index contributed by atoms with van der Waals surface area (Å²) in [6, 6.07) is 13.5. The highest BCUT2D eigenvalue weighted by Gasteiger charge is 2.39. The molecule has 0 atom stereocenters. The van der Waals surface area contributed by atoms with E-state index in [-0.39, 0.29) is 44.0 Å². The third-order valence-corrected chi connectivity index (χ3v) is 8.10. The largest absolute Gasteiger partial charge is 0.480 e. The summed E-state index contributed by atoms with van der Waals surface area (Å²) in [5, 5.41) is 24.3. The molecule has 23 heteroatoms. The van der Waals surface area contributed by atoms with E-state index < -0.39 is 65.6 Å². The molecule has 0 fully saturated rings. The molecule has 1 aromatic heterocycles. The Labute approximate surface area is 316 Å². The van der Waals surface area contributed by atoms with E-state index in [9.17, 15) is 41.8 Å². The first-order valence-corrected chi connectivity index (χ1v) is 17.7. The maximum atomic E-state index is 14.3. The van der Waals surface area contributed by atoms with Crippen LogP contribution in [0.4, 0.5) is 28.9 Å². The first-order valence-electron chi connectivity index (χ1n) is 14.4. The van der Waals surface area contributed by atoms with Crippen molar-refractivity contribution in [3.63, 3.8) is 0 Å². The highest BCUT2D eigenvalue weighted by atomic mass is 79.9. The molecule has 0 aliphatic heterocycles. The van der Waals surface area contributed by atoms with Crippen LogP contribution in [0.1, 0.15) is 29.9 Å². The number of halogens is 7. The number of nitrogens with two attached hydrogens (primary N) is 1. The van der Waals surface area contributed by atoms with Crippen LogP contribution < -0.4 is 15.8 Å². The van der Waals surface area contributed by atoms with Crippen molar-refractivity contribution in [1.82, 2.24) is 15.1 Å². The number of ether oxygens (including phenoxy) is 2. The number of aryl methyl sites for hydroxylation is 1. The van der Waals surface area contributed by atoms with Crippen LogP contribution in [0.5, 0.6) is 11.5 Å². The minimum Gasteiger partial charge on any atom is -0.480 e. The Kier molecular flexibility index (Phi) is 16.2. The summed E-state index contributed by atoms with van der Waals surface area (Å²) in [6.07, 6.45) is -5.74. The number of nitrogens with one attached hydrogen (secondary N) is 1. The maximum absolute atomic E-state index is 14.3. The molecule has 0 spiro atoms. The smallest absolute Gasteiger partial charge is 0.434 e. The highest BCUT2D eigenvalue weighted by molar-refractivity contribution is 9.10. The SMILES string of the molecule is CC(C)OC(=O)c1cc(-c2nn(C)c(C(F)(F)F)c2Br)c(F)cc1Cl.Nc1c([N+](=O)[O-])ccc(Oc2ccccc2)c1Cl.O=C(O)CNCP(=O)(O)O. The van der Waals surface area contributed by atoms with Crippen LogP contribution in [0.2, 0.25) is 10.0 Å². The number of esters is 1. The zero-order chi connectivity index (χ0) is 40.4. The monoisotopic (exact) mass is 875 g/mol. The number of nitro benzene ring substituents is 1. The molecule has 0 aliphatic carbocycles. The van der Waals surface area contributed by atoms with Gasteiger partial charge in [0.2, 0.25) is 0 Å². The summed E-state index contributed by atoms with van der Waals surface area (Å²) in [5.41, 5.74) is 3.39. The number of hydrogen-bond donors (Lipinski definition) is 5. The molecule has 0 aliphatic rings. The van der Waals surface area contributed by atoms with Gasteiger partial charge in [-0.2, -0.15) is 18.3 Å². The Morgan fingerprint density at radius 2 is 1.75 bits per heavy atom. The van der Waals surface area contributed by atoms with E-state index in [4.69, 9.17) is 53.3 Å². The first kappa shape index (κ1) is 44.9. The zero-order valence-corrected chi connectivity index (χ0v) is 31.4. The Hall–Kier alpha value is -4.30. The van der Waals surface area contributed by atoms with Crippen LogP contribution in [-0.4, -0.2) is 60.5 Å². The molecule has 288 valence electrons. The number of carboxylic acid groups (broad SMARTS) is 1. The fourth-order valence-electron chi connectivity index (χ4n) is 3.87. The predicted octanol–water partition coefficient (Wildman–Crippen LogP) is 7.64. The molecule has 0 amide bonds. The summed E-state index contributed by atoms with van der Waals surface area (Å²) < 4.78 is 74.2. The molecule has 4 rings (SSSR count). The van der Waals surface area contributed by atoms with E-state index in [1.54, 1.807) is 38.1 Å². The number of rotatable bonds is 10. The number of anilines is 1. The number of nitrogens with zero attached hydrogens (tertiary/aromatic N) is 3. The van der Waals surface area contributed by atoms with Crippen LogP contribution in [0.25, 0.3) is 11.3 Å². The van der Waals surface area contributed by atoms with Crippen LogP contribution >= 0.6 is 46.7 Å². The van der Waals surface area contributed by atoms with Crippen LogP contribution in [0.15, 0.2) is 59.1 Å². The van der Waals surface area contributed by atoms with Crippen LogP contribution in [-0.2, 0) is 27.3 Å². The van der Waals surface area contributed by atoms with Gasteiger partial charge < -0.3 is 30.1 Å². The van der Waals surface area contributed by atoms with Gasteiger partial charge in [-0.3, -0.25) is 29.5 Å². The molecule has 1 heterocycles. The lowest BCUT2D eigenvalue weighted by Crippen LogP contribution is -2.23. The molecule has 0 saturated heterocycles. The van der Waals surface area contributed by atoms with Gasteiger partial charge in [-0.1, -0.05) is 41.4 Å². The number of carboxylic acids is 1. The van der Waals surface area contributed by atoms with Crippen molar-refractivity contribution in [2.45, 2.75) is 26.1 Å². The standard InChI is InChI=1S/C15H12BrClF4N2O2.C12H9ClN2O3.C3H8NO5P/c1-6(2)25-14(24)7-4-8(10(18)5-9(7)17)12-11(16)13(15(19,20)21)23(3)22-12;13-11-10(18-8-4-2-1-3-5-8)7-6-9(12(11)14)15(16)17;5-3(6)1-4-2-10(7,8)9/h4-6H,1-3H3;1-7H,14H2;4H,1-2H2,(H,5,6)(H2,7,8,9). The minimum absolute atomic E-state index is 0.0352. The second kappa shape index (κ2) is 19.2. The lowest BCUT2D eigenvalue weighted by molar-refractivity contribution is -0.383. The molecule has 0 radical (unpaired) electrons. The van der Waals surface area contributed by atoms with Gasteiger partial charge in [0.05, 0.1) is 38.9 Å². The van der Waals surface area contributed by atoms with Gasteiger partial charge in [0, 0.05) is 18.7 Å². The molecular weight excluding hydrogens is 848 g/mol. The number of alkyl halides is 3. The molecular formula is C30H29BrCl2F4N5O10P. The van der Waals surface area contributed by atoms with Crippen molar-refractivity contribution in [2.75, 3.05) is 18.6 Å². The fourth-order valence-corrected chi connectivity index (χ4v) is 5.47. The second-order valence-electron chi connectivity index (χ2n) is 10.5. The van der Waals surface area contributed by atoms with Crippen molar-refractivity contribution in [1.29, 1.82) is 0 Å². The Balaban J connectivity index is 0.000000303. The summed E-state index contributed by atoms with van der Waals surface area (Å²) in [7, 11) is -3.01. The fraction of sp³-hybridized carbons (Fsp3) is 0.233. The van der Waals surface area contributed by atoms with Gasteiger partial charge in [-0.05, 0) is 60.1 Å². The van der Waals surface area contributed by atoms with Crippen molar-refractivity contribution in [3.05, 3.63) is 96.3 Å². The lowest BCUT2D eigenvalue weighted by atomic mass is 10.1. The summed E-state index contributed by atoms with van der Waals surface area (Å²) in [4.78, 5) is 48.3.